The van der Waals surface area contributed by atoms with Crippen LogP contribution in [0.25, 0.3) is 0 Å². The highest BCUT2D eigenvalue weighted by atomic mass is 16.1. The smallest absolute Gasteiger partial charge is 0.228 e. The Balaban J connectivity index is 1.90. The molecule has 102 valence electrons. The first-order valence-corrected chi connectivity index (χ1v) is 6.69. The van der Waals surface area contributed by atoms with E-state index in [1.807, 2.05) is 12.1 Å². The van der Waals surface area contributed by atoms with Gasteiger partial charge in [-0.25, -0.2) is 0 Å². The topological polar surface area (TPSA) is 58.2 Å². The molecule has 5 heteroatoms. The van der Waals surface area contributed by atoms with Crippen LogP contribution in [0.2, 0.25) is 0 Å². The van der Waals surface area contributed by atoms with Crippen LogP contribution in [0.1, 0.15) is 21.5 Å². The van der Waals surface area contributed by atoms with Crippen LogP contribution in [0, 0.1) is 0 Å². The number of carbonyl (C=O) groups excluding carboxylic acids is 2. The van der Waals surface area contributed by atoms with Crippen molar-refractivity contribution in [1.82, 2.24) is 0 Å². The van der Waals surface area contributed by atoms with E-state index in [2.05, 4.69) is 10.6 Å². The normalized spacial score (nSPS) is 12.7. The number of ketones is 1. The average Bonchev–Trinajstić information content (AvgIpc) is 2.86. The Bertz CT molecular complexity index is 728. The van der Waals surface area contributed by atoms with Crippen LogP contribution < -0.4 is 10.6 Å². The molecule has 3 rings (SSSR count). The van der Waals surface area contributed by atoms with Gasteiger partial charge in [-0.05, 0) is 30.2 Å². The van der Waals surface area contributed by atoms with E-state index < -0.39 is 0 Å². The molecule has 0 spiro atoms. The number of amides is 1. The van der Waals surface area contributed by atoms with Crippen LogP contribution in [-0.4, -0.2) is 26.0 Å². The van der Waals surface area contributed by atoms with Crippen LogP contribution >= 0.6 is 0 Å². The van der Waals surface area contributed by atoms with Gasteiger partial charge in [-0.1, -0.05) is 24.3 Å². The summed E-state index contributed by atoms with van der Waals surface area (Å²) in [5.74, 6) is -0.122. The van der Waals surface area contributed by atoms with Crippen molar-refractivity contribution in [3.05, 3.63) is 59.2 Å². The lowest BCUT2D eigenvalue weighted by Crippen LogP contribution is -2.05. The molecule has 0 saturated carbocycles. The Hall–Kier alpha value is -2.56. The molecule has 4 nitrogen and oxygen atoms in total. The van der Waals surface area contributed by atoms with Crippen molar-refractivity contribution in [3.8, 4) is 0 Å². The van der Waals surface area contributed by atoms with Gasteiger partial charge >= 0.3 is 0 Å². The fourth-order valence-corrected chi connectivity index (χ4v) is 2.41. The molecular formula is C16H13BN2O2. The molecule has 1 amide bonds. The van der Waals surface area contributed by atoms with Gasteiger partial charge < -0.3 is 10.6 Å². The summed E-state index contributed by atoms with van der Waals surface area (Å²) >= 11 is 0. The maximum Gasteiger partial charge on any atom is 0.228 e. The van der Waals surface area contributed by atoms with E-state index in [1.54, 1.807) is 30.3 Å². The van der Waals surface area contributed by atoms with Crippen LogP contribution in [-0.2, 0) is 11.2 Å². The molecule has 1 aliphatic heterocycles. The predicted molar refractivity (Wildman–Crippen MR) is 82.9 cm³/mol. The van der Waals surface area contributed by atoms with Crippen LogP contribution in [0.15, 0.2) is 42.5 Å². The molecule has 0 atom stereocenters. The largest absolute Gasteiger partial charge is 0.394 e. The van der Waals surface area contributed by atoms with Crippen molar-refractivity contribution in [2.75, 3.05) is 17.1 Å². The highest BCUT2D eigenvalue weighted by Crippen LogP contribution is 2.25. The standard InChI is InChI=1S/C16H13BN2O2/c17-9-18-13-3-1-2-11(6-13)16(21)12-5-4-10-8-15(20)19-14(10)7-12/h1-7,18H,8-9H2,(H,19,20). The number of rotatable bonds is 4. The van der Waals surface area contributed by atoms with Crippen molar-refractivity contribution in [3.63, 3.8) is 0 Å². The van der Waals surface area contributed by atoms with Gasteiger partial charge in [-0.3, -0.25) is 9.59 Å². The summed E-state index contributed by atoms with van der Waals surface area (Å²) in [6.07, 6.45) is 0.683. The molecular weight excluding hydrogens is 263 g/mol. The Morgan fingerprint density at radius 1 is 1.19 bits per heavy atom. The summed E-state index contributed by atoms with van der Waals surface area (Å²) in [7, 11) is 5.44. The van der Waals surface area contributed by atoms with Gasteiger partial charge in [0.2, 0.25) is 5.91 Å². The second-order valence-electron chi connectivity index (χ2n) is 4.89. The lowest BCUT2D eigenvalue weighted by molar-refractivity contribution is -0.115. The van der Waals surface area contributed by atoms with Gasteiger partial charge in [0.25, 0.3) is 0 Å². The zero-order chi connectivity index (χ0) is 14.8. The summed E-state index contributed by atoms with van der Waals surface area (Å²) in [6.45, 7) is 0. The molecule has 2 radical (unpaired) electrons. The Morgan fingerprint density at radius 3 is 2.81 bits per heavy atom. The fourth-order valence-electron chi connectivity index (χ4n) is 2.41. The third-order valence-electron chi connectivity index (χ3n) is 3.43. The molecule has 0 fully saturated rings. The summed E-state index contributed by atoms with van der Waals surface area (Å²) in [5, 5.41) is 5.73. The number of anilines is 2. The van der Waals surface area contributed by atoms with Gasteiger partial charge in [0, 0.05) is 22.5 Å². The van der Waals surface area contributed by atoms with E-state index in [-0.39, 0.29) is 11.7 Å². The molecule has 21 heavy (non-hydrogen) atoms. The zero-order valence-corrected chi connectivity index (χ0v) is 11.3. The number of carbonyl (C=O) groups is 2. The van der Waals surface area contributed by atoms with E-state index in [4.69, 9.17) is 7.85 Å². The van der Waals surface area contributed by atoms with Crippen molar-refractivity contribution < 1.29 is 9.59 Å². The summed E-state index contributed by atoms with van der Waals surface area (Å²) in [6, 6.07) is 12.5. The minimum atomic E-state index is -0.0837. The van der Waals surface area contributed by atoms with E-state index >= 15 is 0 Å². The number of nitrogens with one attached hydrogen (secondary N) is 2. The van der Waals surface area contributed by atoms with Crippen LogP contribution in [0.4, 0.5) is 11.4 Å². The summed E-state index contributed by atoms with van der Waals surface area (Å²) in [4.78, 5) is 23.9. The van der Waals surface area contributed by atoms with E-state index in [0.717, 1.165) is 16.9 Å². The number of benzene rings is 2. The van der Waals surface area contributed by atoms with E-state index in [9.17, 15) is 9.59 Å². The van der Waals surface area contributed by atoms with Gasteiger partial charge in [0.15, 0.2) is 5.78 Å². The van der Waals surface area contributed by atoms with Crippen molar-refractivity contribution in [2.24, 2.45) is 0 Å². The zero-order valence-electron chi connectivity index (χ0n) is 11.3. The Morgan fingerprint density at radius 2 is 2.00 bits per heavy atom. The minimum Gasteiger partial charge on any atom is -0.394 e. The quantitative estimate of drug-likeness (QED) is 0.663. The van der Waals surface area contributed by atoms with Gasteiger partial charge in [0.05, 0.1) is 14.3 Å². The third-order valence-corrected chi connectivity index (χ3v) is 3.43. The minimum absolute atomic E-state index is 0.0382. The van der Waals surface area contributed by atoms with Crippen LogP contribution in [0.5, 0.6) is 0 Å². The van der Waals surface area contributed by atoms with Gasteiger partial charge in [-0.15, -0.1) is 0 Å². The SMILES string of the molecule is [B]CNc1cccc(C(=O)c2ccc3c(c2)NC(=O)C3)c1. The van der Waals surface area contributed by atoms with Crippen molar-refractivity contribution >= 4 is 30.9 Å². The Labute approximate surface area is 124 Å². The molecule has 1 heterocycles. The summed E-state index contributed by atoms with van der Waals surface area (Å²) < 4.78 is 0. The molecule has 2 aromatic rings. The van der Waals surface area contributed by atoms with Gasteiger partial charge in [0.1, 0.15) is 0 Å². The molecule has 0 aromatic heterocycles. The average molecular weight is 276 g/mol. The fraction of sp³-hybridized carbons (Fsp3) is 0.125. The molecule has 2 aromatic carbocycles. The highest BCUT2D eigenvalue weighted by Gasteiger charge is 2.19. The maximum atomic E-state index is 12.5. The van der Waals surface area contributed by atoms with Crippen LogP contribution in [0.3, 0.4) is 0 Å². The van der Waals surface area contributed by atoms with E-state index in [1.165, 1.54) is 0 Å². The number of hydrogen-bond acceptors (Lipinski definition) is 3. The third kappa shape index (κ3) is 2.67. The Kier molecular flexibility index (Phi) is 3.48. The molecule has 0 saturated heterocycles. The monoisotopic (exact) mass is 276 g/mol. The van der Waals surface area contributed by atoms with Gasteiger partial charge in [-0.2, -0.15) is 0 Å². The highest BCUT2D eigenvalue weighted by molar-refractivity contribution is 6.12. The molecule has 0 unspecified atom stereocenters. The first kappa shape index (κ1) is 13.4. The molecule has 0 bridgehead atoms. The van der Waals surface area contributed by atoms with Crippen molar-refractivity contribution in [1.29, 1.82) is 0 Å². The van der Waals surface area contributed by atoms with Crippen molar-refractivity contribution in [2.45, 2.75) is 6.42 Å². The maximum absolute atomic E-state index is 12.5. The lowest BCUT2D eigenvalue weighted by atomic mass is 10.0. The predicted octanol–water partition coefficient (Wildman–Crippen LogP) is 1.95. The summed E-state index contributed by atoms with van der Waals surface area (Å²) in [5.41, 5.74) is 3.59. The molecule has 1 aliphatic rings. The first-order chi connectivity index (χ1) is 10.2. The number of hydrogen-bond donors (Lipinski definition) is 2. The second-order valence-corrected chi connectivity index (χ2v) is 4.89. The lowest BCUT2D eigenvalue weighted by Gasteiger charge is -2.07. The molecule has 0 aliphatic carbocycles. The van der Waals surface area contributed by atoms with E-state index in [0.29, 0.717) is 24.0 Å². The number of fused-ring (bicyclic) bond motifs is 1. The second kappa shape index (κ2) is 5.44. The molecule has 2 N–H and O–H groups in total. The first-order valence-electron chi connectivity index (χ1n) is 6.69.